The molecule has 3 nitrogen and oxygen atoms in total. The van der Waals surface area contributed by atoms with Crippen LogP contribution in [0.15, 0.2) is 170 Å². The molecule has 0 heterocycles. The van der Waals surface area contributed by atoms with Gasteiger partial charge in [-0.05, 0) is 0 Å². The van der Waals surface area contributed by atoms with Crippen LogP contribution in [0.25, 0.3) is 0 Å². The van der Waals surface area contributed by atoms with Gasteiger partial charge in [0.25, 0.3) is 0 Å². The Morgan fingerprint density at radius 1 is 0.476 bits per heavy atom. The predicted molar refractivity (Wildman–Crippen MR) is 179 cm³/mol. The number of hydrogen-bond acceptors (Lipinski definition) is 3. The van der Waals surface area contributed by atoms with Gasteiger partial charge in [-0.25, -0.2) is 0 Å². The van der Waals surface area contributed by atoms with Gasteiger partial charge in [0.2, 0.25) is 0 Å². The van der Waals surface area contributed by atoms with Crippen molar-refractivity contribution in [1.82, 2.24) is 0 Å². The van der Waals surface area contributed by atoms with Crippen molar-refractivity contribution in [1.29, 1.82) is 0 Å². The summed E-state index contributed by atoms with van der Waals surface area (Å²) in [5, 5.41) is 5.38. The fourth-order valence-electron chi connectivity index (χ4n) is 5.64. The molecule has 0 amide bonds. The van der Waals surface area contributed by atoms with Crippen LogP contribution in [0.5, 0.6) is 11.5 Å². The van der Waals surface area contributed by atoms with Gasteiger partial charge >= 0.3 is 249 Å². The molecule has 0 atom stereocenters. The van der Waals surface area contributed by atoms with Crippen molar-refractivity contribution in [3.63, 3.8) is 0 Å². The van der Waals surface area contributed by atoms with E-state index in [-0.39, 0.29) is 0 Å². The molecule has 0 aliphatic heterocycles. The summed E-state index contributed by atoms with van der Waals surface area (Å²) in [5.74, 6) is 1.24. The van der Waals surface area contributed by atoms with Crippen LogP contribution in [-0.2, 0) is 9.09 Å². The summed E-state index contributed by atoms with van der Waals surface area (Å²) in [5.41, 5.74) is 0. The summed E-state index contributed by atoms with van der Waals surface area (Å²) in [6, 6.07) is 55.9. The van der Waals surface area contributed by atoms with Crippen LogP contribution in [0, 0.1) is 0 Å². The number of hydrogen-bond donors (Lipinski definition) is 0. The van der Waals surface area contributed by atoms with Crippen molar-refractivity contribution in [2.75, 3.05) is 7.11 Å². The molecule has 5 heteroatoms. The zero-order valence-electron chi connectivity index (χ0n) is 23.3. The Labute approximate surface area is 248 Å². The van der Waals surface area contributed by atoms with Crippen molar-refractivity contribution in [3.05, 3.63) is 170 Å². The minimum atomic E-state index is -3.27. The Kier molecular flexibility index (Phi) is 8.17. The van der Waals surface area contributed by atoms with Crippen LogP contribution in [0.1, 0.15) is 0 Å². The molecule has 0 unspecified atom stereocenters. The van der Waals surface area contributed by atoms with E-state index in [0.29, 0.717) is 16.8 Å². The van der Waals surface area contributed by atoms with E-state index in [1.54, 1.807) is 7.11 Å². The molecule has 0 saturated heterocycles. The molecule has 6 rings (SSSR count). The zero-order chi connectivity index (χ0) is 28.8. The van der Waals surface area contributed by atoms with Gasteiger partial charge in [-0.3, -0.25) is 0 Å². The van der Waals surface area contributed by atoms with Crippen molar-refractivity contribution < 1.29 is 13.8 Å². The van der Waals surface area contributed by atoms with Crippen LogP contribution in [-0.4, -0.2) is 7.11 Å². The summed E-state index contributed by atoms with van der Waals surface area (Å²) in [6.45, 7) is 0. The topological polar surface area (TPSA) is 35.5 Å². The summed E-state index contributed by atoms with van der Waals surface area (Å²) < 4.78 is 28.8. The van der Waals surface area contributed by atoms with Crippen LogP contribution < -0.4 is 36.6 Å². The molecule has 208 valence electrons. The third kappa shape index (κ3) is 5.02. The van der Waals surface area contributed by atoms with E-state index < -0.39 is 14.6 Å². The Morgan fingerprint density at radius 3 is 1.38 bits per heavy atom. The van der Waals surface area contributed by atoms with Crippen LogP contribution in [0.3, 0.4) is 0 Å². The second kappa shape index (κ2) is 12.3. The number of ether oxygens (including phenoxy) is 1. The molecule has 0 aromatic heterocycles. The second-order valence-electron chi connectivity index (χ2n) is 9.96. The molecule has 0 N–H and O–H groups in total. The molecule has 0 fully saturated rings. The third-order valence-electron chi connectivity index (χ3n) is 7.60. The molecule has 0 aliphatic rings. The van der Waals surface area contributed by atoms with Crippen LogP contribution >= 0.6 is 14.6 Å². The van der Waals surface area contributed by atoms with Gasteiger partial charge in [0.05, 0.1) is 0 Å². The van der Waals surface area contributed by atoms with E-state index in [1.807, 2.05) is 140 Å². The fourth-order valence-corrected chi connectivity index (χ4v) is 12.2. The molecular formula is C37H32O3P2. The molecule has 0 spiro atoms. The SMILES string of the molecule is CO[PH](c1ccccc1)(c1ccccc1)c1ccccc1Oc1ccccc1P(=O)(c1ccccc1)c1ccccc1. The number of benzene rings is 6. The van der Waals surface area contributed by atoms with Crippen molar-refractivity contribution in [2.45, 2.75) is 0 Å². The standard InChI is InChI=1S/C37H32O3P2/c1-39-42(32-22-10-4-11-23-32,33-24-12-5-13-25-33)37-29-17-15-27-35(37)40-34-26-14-16-28-36(34)41(38,30-18-6-2-7-19-30)31-20-8-3-9-21-31/h2-29,42H,1H3. The fraction of sp³-hybridized carbons (Fsp3) is 0.0270. The van der Waals surface area contributed by atoms with Gasteiger partial charge in [0.15, 0.2) is 0 Å². The average molecular weight is 587 g/mol. The first kappa shape index (κ1) is 27.9. The Balaban J connectivity index is 1.55. The molecule has 6 aromatic rings. The summed E-state index contributed by atoms with van der Waals surface area (Å²) in [4.78, 5) is 0. The van der Waals surface area contributed by atoms with E-state index in [0.717, 1.165) is 26.5 Å². The Hall–Kier alpha value is -4.26. The van der Waals surface area contributed by atoms with Crippen molar-refractivity contribution in [3.8, 4) is 11.5 Å². The van der Waals surface area contributed by atoms with E-state index in [9.17, 15) is 0 Å². The maximum atomic E-state index is 15.3. The molecule has 0 saturated carbocycles. The van der Waals surface area contributed by atoms with Crippen molar-refractivity contribution in [2.24, 2.45) is 0 Å². The number of para-hydroxylation sites is 2. The average Bonchev–Trinajstić information content (AvgIpc) is 3.08. The van der Waals surface area contributed by atoms with Gasteiger partial charge in [0.1, 0.15) is 0 Å². The maximum absolute atomic E-state index is 15.3. The first-order valence-electron chi connectivity index (χ1n) is 13.9. The monoisotopic (exact) mass is 586 g/mol. The first-order chi connectivity index (χ1) is 20.7. The zero-order valence-corrected chi connectivity index (χ0v) is 25.2. The summed E-state index contributed by atoms with van der Waals surface area (Å²) in [7, 11) is -4.47. The summed E-state index contributed by atoms with van der Waals surface area (Å²) in [6.07, 6.45) is 0. The minimum absolute atomic E-state index is 0.557. The normalized spacial score (nSPS) is 12.0. The third-order valence-corrected chi connectivity index (χ3v) is 14.8. The summed E-state index contributed by atoms with van der Waals surface area (Å²) >= 11 is 0. The second-order valence-corrected chi connectivity index (χ2v) is 16.2. The van der Waals surface area contributed by atoms with Crippen molar-refractivity contribution >= 4 is 46.5 Å². The van der Waals surface area contributed by atoms with E-state index in [4.69, 9.17) is 9.26 Å². The van der Waals surface area contributed by atoms with Gasteiger partial charge in [-0.1, -0.05) is 0 Å². The molecule has 0 radical (unpaired) electrons. The van der Waals surface area contributed by atoms with Gasteiger partial charge in [0, 0.05) is 0 Å². The Morgan fingerprint density at radius 2 is 0.881 bits per heavy atom. The van der Waals surface area contributed by atoms with E-state index >= 15 is 4.57 Å². The Bertz CT molecular complexity index is 1730. The van der Waals surface area contributed by atoms with Gasteiger partial charge in [-0.15, -0.1) is 0 Å². The number of rotatable bonds is 9. The molecule has 0 aliphatic carbocycles. The first-order valence-corrected chi connectivity index (χ1v) is 17.5. The van der Waals surface area contributed by atoms with E-state index in [2.05, 4.69) is 30.3 Å². The molecule has 6 aromatic carbocycles. The predicted octanol–water partition coefficient (Wildman–Crippen LogP) is 6.71. The molecule has 0 bridgehead atoms. The van der Waals surface area contributed by atoms with Crippen LogP contribution in [0.2, 0.25) is 0 Å². The van der Waals surface area contributed by atoms with Gasteiger partial charge in [-0.2, -0.15) is 0 Å². The molecular weight excluding hydrogens is 554 g/mol. The van der Waals surface area contributed by atoms with E-state index in [1.165, 1.54) is 0 Å². The van der Waals surface area contributed by atoms with Gasteiger partial charge < -0.3 is 0 Å². The van der Waals surface area contributed by atoms with Crippen LogP contribution in [0.4, 0.5) is 0 Å². The quantitative estimate of drug-likeness (QED) is 0.177. The molecule has 42 heavy (non-hydrogen) atoms.